The summed E-state index contributed by atoms with van der Waals surface area (Å²) in [6.07, 6.45) is 1.11. The lowest BCUT2D eigenvalue weighted by Gasteiger charge is -2.30. The quantitative estimate of drug-likeness (QED) is 0.684. The van der Waals surface area contributed by atoms with Crippen molar-refractivity contribution in [2.24, 2.45) is 5.92 Å². The van der Waals surface area contributed by atoms with Gasteiger partial charge in [-0.05, 0) is 30.5 Å². The number of methoxy groups -OCH3 is 1. The summed E-state index contributed by atoms with van der Waals surface area (Å²) in [6, 6.07) is 7.28. The number of rotatable bonds is 7. The molecule has 0 atom stereocenters. The lowest BCUT2D eigenvalue weighted by Crippen LogP contribution is -2.43. The van der Waals surface area contributed by atoms with Gasteiger partial charge < -0.3 is 10.1 Å². The van der Waals surface area contributed by atoms with Crippen LogP contribution in [0.5, 0.6) is 0 Å². The molecule has 0 unspecified atom stereocenters. The average Bonchev–Trinajstić information content (AvgIpc) is 2.57. The number of halogens is 1. The molecular weight excluding hydrogens is 396 g/mol. The van der Waals surface area contributed by atoms with Crippen LogP contribution in [-0.4, -0.2) is 52.0 Å². The monoisotopic (exact) mass is 418 g/mol. The van der Waals surface area contributed by atoms with Gasteiger partial charge in [0, 0.05) is 37.1 Å². The number of sulfonamides is 1. The molecule has 1 fully saturated rings. The summed E-state index contributed by atoms with van der Waals surface area (Å²) in [5.41, 5.74) is 0.762. The van der Waals surface area contributed by atoms with E-state index in [1.807, 2.05) is 12.1 Å². The molecule has 0 radical (unpaired) electrons. The lowest BCUT2D eigenvalue weighted by molar-refractivity contribution is -0.126. The van der Waals surface area contributed by atoms with E-state index in [-0.39, 0.29) is 17.6 Å². The van der Waals surface area contributed by atoms with Gasteiger partial charge in [0.05, 0.1) is 12.4 Å². The third-order valence-corrected chi connectivity index (χ3v) is 6.46. The Morgan fingerprint density at radius 1 is 1.29 bits per heavy atom. The van der Waals surface area contributed by atoms with E-state index in [1.165, 1.54) is 4.31 Å². The maximum atomic E-state index is 12.5. The molecule has 1 saturated heterocycles. The minimum atomic E-state index is -3.35. The third-order valence-electron chi connectivity index (χ3n) is 4.09. The second kappa shape index (κ2) is 8.94. The van der Waals surface area contributed by atoms with Gasteiger partial charge in [-0.2, -0.15) is 0 Å². The SMILES string of the molecule is COCCNC(=O)C1CCN(S(=O)(=O)Cc2ccc(Br)cc2)CC1. The van der Waals surface area contributed by atoms with Gasteiger partial charge in [0.2, 0.25) is 15.9 Å². The van der Waals surface area contributed by atoms with Crippen LogP contribution >= 0.6 is 15.9 Å². The molecule has 1 aliphatic heterocycles. The van der Waals surface area contributed by atoms with Crippen LogP contribution in [0.2, 0.25) is 0 Å². The second-order valence-corrected chi connectivity index (χ2v) is 8.72. The highest BCUT2D eigenvalue weighted by Gasteiger charge is 2.30. The topological polar surface area (TPSA) is 75.7 Å². The standard InChI is InChI=1S/C16H23BrN2O4S/c1-23-11-8-18-16(20)14-6-9-19(10-7-14)24(21,22)12-13-2-4-15(17)5-3-13/h2-5,14H,6-12H2,1H3,(H,18,20). The van der Waals surface area contributed by atoms with Crippen LogP contribution in [-0.2, 0) is 25.3 Å². The zero-order valence-electron chi connectivity index (χ0n) is 13.7. The first kappa shape index (κ1) is 19.4. The van der Waals surface area contributed by atoms with E-state index < -0.39 is 10.0 Å². The van der Waals surface area contributed by atoms with E-state index in [1.54, 1.807) is 19.2 Å². The van der Waals surface area contributed by atoms with E-state index in [4.69, 9.17) is 4.74 Å². The molecule has 1 aromatic carbocycles. The number of nitrogens with one attached hydrogen (secondary N) is 1. The summed E-state index contributed by atoms with van der Waals surface area (Å²) >= 11 is 3.34. The number of piperidine rings is 1. The van der Waals surface area contributed by atoms with Crippen LogP contribution in [0.15, 0.2) is 28.7 Å². The number of carbonyl (C=O) groups is 1. The molecule has 0 aliphatic carbocycles. The molecule has 1 heterocycles. The van der Waals surface area contributed by atoms with Gasteiger partial charge >= 0.3 is 0 Å². The van der Waals surface area contributed by atoms with E-state index in [9.17, 15) is 13.2 Å². The van der Waals surface area contributed by atoms with Crippen LogP contribution in [0.4, 0.5) is 0 Å². The van der Waals surface area contributed by atoms with Crippen molar-refractivity contribution in [1.29, 1.82) is 0 Å². The number of benzene rings is 1. The largest absolute Gasteiger partial charge is 0.383 e. The van der Waals surface area contributed by atoms with Crippen molar-refractivity contribution in [2.75, 3.05) is 33.4 Å². The Hall–Kier alpha value is -0.960. The van der Waals surface area contributed by atoms with Crippen molar-refractivity contribution in [3.63, 3.8) is 0 Å². The van der Waals surface area contributed by atoms with Gasteiger partial charge in [-0.3, -0.25) is 4.79 Å². The normalized spacial score (nSPS) is 16.9. The smallest absolute Gasteiger partial charge is 0.223 e. The van der Waals surface area contributed by atoms with E-state index in [2.05, 4.69) is 21.2 Å². The zero-order chi connectivity index (χ0) is 17.6. The van der Waals surface area contributed by atoms with E-state index >= 15 is 0 Å². The first-order valence-electron chi connectivity index (χ1n) is 7.91. The fraction of sp³-hybridized carbons (Fsp3) is 0.562. The van der Waals surface area contributed by atoms with Gasteiger partial charge in [0.25, 0.3) is 0 Å². The highest BCUT2D eigenvalue weighted by atomic mass is 79.9. The highest BCUT2D eigenvalue weighted by molar-refractivity contribution is 9.10. The second-order valence-electron chi connectivity index (χ2n) is 5.84. The minimum Gasteiger partial charge on any atom is -0.383 e. The van der Waals surface area contributed by atoms with Crippen LogP contribution in [0.1, 0.15) is 18.4 Å². The Bertz CT molecular complexity index is 641. The molecule has 0 spiro atoms. The first-order valence-corrected chi connectivity index (χ1v) is 10.3. The average molecular weight is 419 g/mol. The molecule has 1 amide bonds. The summed E-state index contributed by atoms with van der Waals surface area (Å²) in [5, 5.41) is 2.82. The fourth-order valence-corrected chi connectivity index (χ4v) is 4.53. The number of nitrogens with zero attached hydrogens (tertiary/aromatic N) is 1. The van der Waals surface area contributed by atoms with Gasteiger partial charge in [-0.25, -0.2) is 12.7 Å². The van der Waals surface area contributed by atoms with Crippen LogP contribution in [0, 0.1) is 5.92 Å². The summed E-state index contributed by atoms with van der Waals surface area (Å²) in [7, 11) is -1.77. The molecule has 1 aromatic rings. The molecule has 24 heavy (non-hydrogen) atoms. The molecule has 8 heteroatoms. The number of hydrogen-bond donors (Lipinski definition) is 1. The Kier molecular flexibility index (Phi) is 7.21. The predicted molar refractivity (Wildman–Crippen MR) is 95.9 cm³/mol. The van der Waals surface area contributed by atoms with Gasteiger partial charge in [-0.1, -0.05) is 28.1 Å². The third kappa shape index (κ3) is 5.54. The summed E-state index contributed by atoms with van der Waals surface area (Å²) in [6.45, 7) is 1.74. The van der Waals surface area contributed by atoms with Gasteiger partial charge in [-0.15, -0.1) is 0 Å². The van der Waals surface area contributed by atoms with Crippen LogP contribution < -0.4 is 5.32 Å². The summed E-state index contributed by atoms with van der Waals surface area (Å²) in [4.78, 5) is 12.0. The molecule has 2 rings (SSSR count). The predicted octanol–water partition coefficient (Wildman–Crippen LogP) is 1.75. The molecule has 6 nitrogen and oxygen atoms in total. The molecule has 1 N–H and O–H groups in total. The number of ether oxygens (including phenoxy) is 1. The highest BCUT2D eigenvalue weighted by Crippen LogP contribution is 2.22. The zero-order valence-corrected chi connectivity index (χ0v) is 16.1. The molecule has 1 aliphatic rings. The van der Waals surface area contributed by atoms with E-state index in [0.717, 1.165) is 10.0 Å². The summed E-state index contributed by atoms with van der Waals surface area (Å²) < 4.78 is 32.4. The Morgan fingerprint density at radius 2 is 1.92 bits per heavy atom. The van der Waals surface area contributed by atoms with Crippen molar-refractivity contribution in [3.05, 3.63) is 34.3 Å². The minimum absolute atomic E-state index is 0.00895. The summed E-state index contributed by atoms with van der Waals surface area (Å²) in [5.74, 6) is -0.150. The lowest BCUT2D eigenvalue weighted by atomic mass is 9.97. The molecule has 0 saturated carbocycles. The van der Waals surface area contributed by atoms with Crippen molar-refractivity contribution < 1.29 is 17.9 Å². The van der Waals surface area contributed by atoms with Crippen LogP contribution in [0.3, 0.4) is 0 Å². The fourth-order valence-electron chi connectivity index (χ4n) is 2.70. The Balaban J connectivity index is 1.86. The van der Waals surface area contributed by atoms with E-state index in [0.29, 0.717) is 39.1 Å². The van der Waals surface area contributed by atoms with Crippen molar-refractivity contribution >= 4 is 31.9 Å². The number of hydrogen-bond acceptors (Lipinski definition) is 4. The van der Waals surface area contributed by atoms with Crippen molar-refractivity contribution in [2.45, 2.75) is 18.6 Å². The number of carbonyl (C=O) groups excluding carboxylic acids is 1. The molecule has 0 aromatic heterocycles. The molecule has 0 bridgehead atoms. The molecule has 134 valence electrons. The Morgan fingerprint density at radius 3 is 2.50 bits per heavy atom. The molecular formula is C16H23BrN2O4S. The number of amides is 1. The first-order chi connectivity index (χ1) is 11.4. The maximum absolute atomic E-state index is 12.5. The Labute approximate surface area is 151 Å². The maximum Gasteiger partial charge on any atom is 0.223 e. The van der Waals surface area contributed by atoms with Gasteiger partial charge in [0.15, 0.2) is 0 Å². The van der Waals surface area contributed by atoms with Crippen molar-refractivity contribution in [1.82, 2.24) is 9.62 Å². The van der Waals surface area contributed by atoms with Crippen molar-refractivity contribution in [3.8, 4) is 0 Å². The van der Waals surface area contributed by atoms with Crippen LogP contribution in [0.25, 0.3) is 0 Å². The van der Waals surface area contributed by atoms with Gasteiger partial charge in [0.1, 0.15) is 0 Å².